The Morgan fingerprint density at radius 3 is 2.93 bits per heavy atom. The van der Waals surface area contributed by atoms with Gasteiger partial charge in [-0.2, -0.15) is 10.4 Å². The van der Waals surface area contributed by atoms with E-state index in [9.17, 15) is 4.39 Å². The predicted molar refractivity (Wildman–Crippen MR) is 53.7 cm³/mol. The van der Waals surface area contributed by atoms with Crippen molar-refractivity contribution in [3.05, 3.63) is 40.6 Å². The zero-order valence-corrected chi connectivity index (χ0v) is 8.94. The number of rotatable bonds is 1. The van der Waals surface area contributed by atoms with Gasteiger partial charge in [-0.25, -0.2) is 14.1 Å². The van der Waals surface area contributed by atoms with Crippen LogP contribution in [0.15, 0.2) is 29.1 Å². The summed E-state index contributed by atoms with van der Waals surface area (Å²) in [6.45, 7) is 0. The molecule has 74 valence electrons. The van der Waals surface area contributed by atoms with Gasteiger partial charge in [0, 0.05) is 12.3 Å². The molecule has 2 heterocycles. The van der Waals surface area contributed by atoms with Crippen LogP contribution in [-0.2, 0) is 0 Å². The molecule has 4 nitrogen and oxygen atoms in total. The van der Waals surface area contributed by atoms with Crippen LogP contribution in [0.1, 0.15) is 5.69 Å². The van der Waals surface area contributed by atoms with E-state index < -0.39 is 5.82 Å². The van der Waals surface area contributed by atoms with Gasteiger partial charge in [-0.1, -0.05) is 0 Å². The summed E-state index contributed by atoms with van der Waals surface area (Å²) >= 11 is 2.96. The highest BCUT2D eigenvalue weighted by atomic mass is 79.9. The lowest BCUT2D eigenvalue weighted by atomic mass is 10.3. The third-order valence-corrected chi connectivity index (χ3v) is 2.29. The Morgan fingerprint density at radius 1 is 1.53 bits per heavy atom. The Kier molecular flexibility index (Phi) is 2.47. The van der Waals surface area contributed by atoms with E-state index in [1.54, 1.807) is 6.07 Å². The minimum atomic E-state index is -0.453. The maximum Gasteiger partial charge on any atom is 0.176 e. The molecule has 0 unspecified atom stereocenters. The SMILES string of the molecule is N#Cc1cc(-n2cc(F)c(Br)n2)ccn1. The monoisotopic (exact) mass is 266 g/mol. The summed E-state index contributed by atoms with van der Waals surface area (Å²) in [6, 6.07) is 5.07. The third-order valence-electron chi connectivity index (χ3n) is 1.75. The van der Waals surface area contributed by atoms with E-state index in [4.69, 9.17) is 5.26 Å². The Hall–Kier alpha value is -1.74. The second kappa shape index (κ2) is 3.79. The largest absolute Gasteiger partial charge is 0.245 e. The number of pyridine rings is 1. The number of nitriles is 1. The number of hydrogen-bond donors (Lipinski definition) is 0. The van der Waals surface area contributed by atoms with Gasteiger partial charge >= 0.3 is 0 Å². The van der Waals surface area contributed by atoms with Crippen LogP contribution in [0, 0.1) is 17.1 Å². The highest BCUT2D eigenvalue weighted by Crippen LogP contribution is 2.15. The topological polar surface area (TPSA) is 54.5 Å². The first kappa shape index (κ1) is 9.80. The number of halogens is 2. The molecule has 2 rings (SSSR count). The molecular weight excluding hydrogens is 263 g/mol. The standard InChI is InChI=1S/C9H4BrFN4/c10-9-8(11)5-15(14-9)7-1-2-13-6(3-7)4-12/h1-3,5H. The average Bonchev–Trinajstić information content (AvgIpc) is 2.59. The lowest BCUT2D eigenvalue weighted by Gasteiger charge is -1.99. The van der Waals surface area contributed by atoms with Gasteiger partial charge in [-0.15, -0.1) is 0 Å². The molecule has 0 aliphatic carbocycles. The Bertz CT molecular complexity index is 524. The van der Waals surface area contributed by atoms with Crippen molar-refractivity contribution in [1.82, 2.24) is 14.8 Å². The van der Waals surface area contributed by atoms with Gasteiger partial charge in [-0.05, 0) is 22.0 Å². The number of nitrogens with zero attached hydrogens (tertiary/aromatic N) is 4. The molecule has 0 atom stereocenters. The van der Waals surface area contributed by atoms with Crippen LogP contribution in [0.2, 0.25) is 0 Å². The van der Waals surface area contributed by atoms with Crippen LogP contribution < -0.4 is 0 Å². The molecular formula is C9H4BrFN4. The fourth-order valence-electron chi connectivity index (χ4n) is 1.09. The summed E-state index contributed by atoms with van der Waals surface area (Å²) in [5.74, 6) is -0.453. The molecule has 0 saturated heterocycles. The van der Waals surface area contributed by atoms with Crippen molar-refractivity contribution < 1.29 is 4.39 Å². The molecule has 2 aromatic heterocycles. The highest BCUT2D eigenvalue weighted by molar-refractivity contribution is 9.10. The van der Waals surface area contributed by atoms with Crippen molar-refractivity contribution in [2.75, 3.05) is 0 Å². The first-order chi connectivity index (χ1) is 7.20. The van der Waals surface area contributed by atoms with Crippen molar-refractivity contribution in [3.63, 3.8) is 0 Å². The van der Waals surface area contributed by atoms with Gasteiger partial charge in [0.15, 0.2) is 10.4 Å². The molecule has 0 bridgehead atoms. The van der Waals surface area contributed by atoms with Gasteiger partial charge in [0.05, 0.1) is 11.9 Å². The van der Waals surface area contributed by atoms with Crippen LogP contribution >= 0.6 is 15.9 Å². The molecule has 0 N–H and O–H groups in total. The molecule has 0 aliphatic heterocycles. The molecule has 0 spiro atoms. The zero-order chi connectivity index (χ0) is 10.8. The first-order valence-electron chi connectivity index (χ1n) is 3.98. The smallest absolute Gasteiger partial charge is 0.176 e. The Balaban J connectivity index is 2.50. The van der Waals surface area contributed by atoms with Crippen LogP contribution in [-0.4, -0.2) is 14.8 Å². The summed E-state index contributed by atoms with van der Waals surface area (Å²) in [5, 5.41) is 12.5. The zero-order valence-electron chi connectivity index (χ0n) is 7.35. The molecule has 15 heavy (non-hydrogen) atoms. The Morgan fingerprint density at radius 2 is 2.33 bits per heavy atom. The van der Waals surface area contributed by atoms with Crippen LogP contribution in [0.25, 0.3) is 5.69 Å². The minimum Gasteiger partial charge on any atom is -0.245 e. The quantitative estimate of drug-likeness (QED) is 0.794. The average molecular weight is 267 g/mol. The van der Waals surface area contributed by atoms with Crippen LogP contribution in [0.5, 0.6) is 0 Å². The molecule has 0 fully saturated rings. The van der Waals surface area contributed by atoms with Crippen molar-refractivity contribution in [2.24, 2.45) is 0 Å². The maximum atomic E-state index is 13.0. The summed E-state index contributed by atoms with van der Waals surface area (Å²) in [4.78, 5) is 3.80. The molecule has 2 aromatic rings. The van der Waals surface area contributed by atoms with Crippen LogP contribution in [0.4, 0.5) is 4.39 Å². The van der Waals surface area contributed by atoms with E-state index >= 15 is 0 Å². The lowest BCUT2D eigenvalue weighted by molar-refractivity contribution is 0.621. The first-order valence-corrected chi connectivity index (χ1v) is 4.77. The molecule has 0 aromatic carbocycles. The van der Waals surface area contributed by atoms with Crippen LogP contribution in [0.3, 0.4) is 0 Å². The normalized spacial score (nSPS) is 9.93. The van der Waals surface area contributed by atoms with Crippen molar-refractivity contribution >= 4 is 15.9 Å². The second-order valence-corrected chi connectivity index (χ2v) is 3.47. The van der Waals surface area contributed by atoms with E-state index in [2.05, 4.69) is 26.0 Å². The van der Waals surface area contributed by atoms with E-state index in [0.29, 0.717) is 5.69 Å². The van der Waals surface area contributed by atoms with Crippen molar-refractivity contribution in [3.8, 4) is 11.8 Å². The fourth-order valence-corrected chi connectivity index (χ4v) is 1.36. The Labute approximate surface area is 93.1 Å². The third kappa shape index (κ3) is 1.87. The lowest BCUT2D eigenvalue weighted by Crippen LogP contribution is -1.95. The van der Waals surface area contributed by atoms with Gasteiger partial charge in [-0.3, -0.25) is 0 Å². The van der Waals surface area contributed by atoms with Gasteiger partial charge < -0.3 is 0 Å². The van der Waals surface area contributed by atoms with E-state index in [0.717, 1.165) is 0 Å². The van der Waals surface area contributed by atoms with E-state index in [1.807, 2.05) is 6.07 Å². The van der Waals surface area contributed by atoms with Gasteiger partial charge in [0.25, 0.3) is 0 Å². The van der Waals surface area contributed by atoms with E-state index in [1.165, 1.54) is 23.1 Å². The molecule has 0 aliphatic rings. The second-order valence-electron chi connectivity index (χ2n) is 2.72. The van der Waals surface area contributed by atoms with Crippen molar-refractivity contribution in [1.29, 1.82) is 5.26 Å². The summed E-state index contributed by atoms with van der Waals surface area (Å²) < 4.78 is 14.5. The summed E-state index contributed by atoms with van der Waals surface area (Å²) in [7, 11) is 0. The molecule has 6 heteroatoms. The van der Waals surface area contributed by atoms with Gasteiger partial charge in [0.2, 0.25) is 0 Å². The summed E-state index contributed by atoms with van der Waals surface area (Å²) in [5.41, 5.74) is 0.852. The minimum absolute atomic E-state index is 0.137. The maximum absolute atomic E-state index is 13.0. The van der Waals surface area contributed by atoms with Crippen molar-refractivity contribution in [2.45, 2.75) is 0 Å². The van der Waals surface area contributed by atoms with Gasteiger partial charge in [0.1, 0.15) is 11.8 Å². The molecule has 0 amide bonds. The number of hydrogen-bond acceptors (Lipinski definition) is 3. The predicted octanol–water partition coefficient (Wildman–Crippen LogP) is 2.04. The molecule has 0 radical (unpaired) electrons. The summed E-state index contributed by atoms with van der Waals surface area (Å²) in [6.07, 6.45) is 2.70. The highest BCUT2D eigenvalue weighted by Gasteiger charge is 2.06. The fraction of sp³-hybridized carbons (Fsp3) is 0. The van der Waals surface area contributed by atoms with E-state index in [-0.39, 0.29) is 10.3 Å². The number of aromatic nitrogens is 3. The molecule has 0 saturated carbocycles.